The number of nitro benzene ring substituents is 2. The third kappa shape index (κ3) is 4.86. The van der Waals surface area contributed by atoms with Crippen molar-refractivity contribution in [2.75, 3.05) is 14.2 Å². The minimum absolute atomic E-state index is 0.0497. The summed E-state index contributed by atoms with van der Waals surface area (Å²) < 4.78 is 9.47. The Kier molecular flexibility index (Phi) is 7.43. The predicted molar refractivity (Wildman–Crippen MR) is 97.5 cm³/mol. The lowest BCUT2D eigenvalue weighted by molar-refractivity contribution is -0.386. The highest BCUT2D eigenvalue weighted by molar-refractivity contribution is 5.82. The summed E-state index contributed by atoms with van der Waals surface area (Å²) in [6, 6.07) is 4.95. The monoisotopic (exact) mass is 405 g/mol. The van der Waals surface area contributed by atoms with E-state index in [9.17, 15) is 35.2 Å². The Hall–Kier alpha value is -4.40. The van der Waals surface area contributed by atoms with Gasteiger partial charge in [-0.25, -0.2) is 0 Å². The smallest absolute Gasteiger partial charge is 0.315 e. The maximum absolute atomic E-state index is 10.6. The molecule has 0 saturated heterocycles. The number of aldehydes is 1. The van der Waals surface area contributed by atoms with Gasteiger partial charge in [0, 0.05) is 29.3 Å². The minimum Gasteiger partial charge on any atom is -0.500 e. The predicted octanol–water partition coefficient (Wildman–Crippen LogP) is 2.61. The first-order valence-electron chi connectivity index (χ1n) is 7.58. The highest BCUT2D eigenvalue weighted by Gasteiger charge is 2.23. The summed E-state index contributed by atoms with van der Waals surface area (Å²) >= 11 is 0. The molecule has 0 bridgehead atoms. The van der Waals surface area contributed by atoms with Crippen molar-refractivity contribution in [3.63, 3.8) is 0 Å². The van der Waals surface area contributed by atoms with Crippen molar-refractivity contribution in [3.8, 4) is 29.1 Å². The zero-order valence-electron chi connectivity index (χ0n) is 15.4. The highest BCUT2D eigenvalue weighted by Crippen LogP contribution is 2.39. The van der Waals surface area contributed by atoms with Crippen molar-refractivity contribution in [1.82, 2.24) is 0 Å². The van der Waals surface area contributed by atoms with E-state index in [2.05, 4.69) is 4.74 Å². The van der Waals surface area contributed by atoms with Crippen LogP contribution >= 0.6 is 0 Å². The average molecular weight is 405 g/mol. The van der Waals surface area contributed by atoms with Crippen LogP contribution in [0.15, 0.2) is 18.2 Å². The lowest BCUT2D eigenvalue weighted by Crippen LogP contribution is -1.98. The second-order valence-electron chi connectivity index (χ2n) is 5.28. The average Bonchev–Trinajstić information content (AvgIpc) is 2.68. The fourth-order valence-corrected chi connectivity index (χ4v) is 2.21. The molecule has 0 fully saturated rings. The second-order valence-corrected chi connectivity index (χ2v) is 5.28. The molecule has 0 aliphatic rings. The van der Waals surface area contributed by atoms with E-state index in [0.29, 0.717) is 11.8 Å². The number of aromatic hydroxyl groups is 2. The lowest BCUT2D eigenvalue weighted by Gasteiger charge is -2.08. The van der Waals surface area contributed by atoms with Crippen LogP contribution in [0.1, 0.15) is 21.5 Å². The Bertz CT molecular complexity index is 1010. The fraction of sp³-hybridized carbons (Fsp3) is 0.176. The summed E-state index contributed by atoms with van der Waals surface area (Å²) in [6.45, 7) is 1.53. The Morgan fingerprint density at radius 1 is 1.03 bits per heavy atom. The van der Waals surface area contributed by atoms with E-state index in [4.69, 9.17) is 10.00 Å². The number of ether oxygens (including phenoxy) is 2. The largest absolute Gasteiger partial charge is 0.500 e. The summed E-state index contributed by atoms with van der Waals surface area (Å²) in [5.74, 6) is -1.27. The number of rotatable bonds is 5. The number of methoxy groups -OCH3 is 2. The molecule has 12 heteroatoms. The molecule has 152 valence electrons. The van der Waals surface area contributed by atoms with Crippen LogP contribution in [0.3, 0.4) is 0 Å². The van der Waals surface area contributed by atoms with Crippen LogP contribution in [-0.2, 0) is 0 Å². The molecule has 0 unspecified atom stereocenters. The molecule has 29 heavy (non-hydrogen) atoms. The van der Waals surface area contributed by atoms with E-state index in [1.54, 1.807) is 6.07 Å². The van der Waals surface area contributed by atoms with Crippen molar-refractivity contribution >= 4 is 17.7 Å². The van der Waals surface area contributed by atoms with E-state index in [1.165, 1.54) is 27.2 Å². The summed E-state index contributed by atoms with van der Waals surface area (Å²) in [5, 5.41) is 48.3. The van der Waals surface area contributed by atoms with Crippen molar-refractivity contribution in [3.05, 3.63) is 55.1 Å². The summed E-state index contributed by atoms with van der Waals surface area (Å²) in [5.41, 5.74) is -0.529. The molecular formula is C17H15N3O9. The van der Waals surface area contributed by atoms with Crippen LogP contribution in [0.25, 0.3) is 0 Å². The molecule has 0 radical (unpaired) electrons. The zero-order valence-corrected chi connectivity index (χ0v) is 15.4. The van der Waals surface area contributed by atoms with Crippen molar-refractivity contribution in [2.24, 2.45) is 0 Å². The normalized spacial score (nSPS) is 9.45. The van der Waals surface area contributed by atoms with Gasteiger partial charge in [-0.05, 0) is 6.92 Å². The molecule has 2 rings (SSSR count). The van der Waals surface area contributed by atoms with E-state index in [1.807, 2.05) is 0 Å². The lowest BCUT2D eigenvalue weighted by atomic mass is 10.1. The Labute approximate surface area is 163 Å². The van der Waals surface area contributed by atoms with Gasteiger partial charge in [0.1, 0.15) is 0 Å². The van der Waals surface area contributed by atoms with Crippen LogP contribution in [0, 0.1) is 38.5 Å². The van der Waals surface area contributed by atoms with Crippen LogP contribution in [0.5, 0.6) is 23.0 Å². The van der Waals surface area contributed by atoms with Gasteiger partial charge in [-0.15, -0.1) is 0 Å². The second kappa shape index (κ2) is 9.51. The molecule has 0 aliphatic heterocycles. The molecule has 2 N–H and O–H groups in total. The Morgan fingerprint density at radius 3 is 2.00 bits per heavy atom. The van der Waals surface area contributed by atoms with E-state index >= 15 is 0 Å². The van der Waals surface area contributed by atoms with Crippen molar-refractivity contribution < 1.29 is 34.3 Å². The number of carbonyl (C=O) groups is 1. The minimum atomic E-state index is -0.779. The van der Waals surface area contributed by atoms with E-state index < -0.39 is 32.7 Å². The van der Waals surface area contributed by atoms with Crippen LogP contribution < -0.4 is 9.47 Å². The van der Waals surface area contributed by atoms with Crippen molar-refractivity contribution in [1.29, 1.82) is 5.26 Å². The van der Waals surface area contributed by atoms with Crippen LogP contribution in [-0.4, -0.2) is 40.6 Å². The number of phenols is 2. The van der Waals surface area contributed by atoms with Gasteiger partial charge in [-0.1, -0.05) is 0 Å². The fourth-order valence-electron chi connectivity index (χ4n) is 2.21. The molecule has 2 aromatic carbocycles. The summed E-state index contributed by atoms with van der Waals surface area (Å²) in [6.07, 6.45) is 0.476. The number of nitriles is 1. The topological polar surface area (TPSA) is 186 Å². The molecule has 0 saturated carbocycles. The van der Waals surface area contributed by atoms with E-state index in [0.717, 1.165) is 12.1 Å². The number of nitrogens with zero attached hydrogens (tertiary/aromatic N) is 3. The first-order chi connectivity index (χ1) is 13.6. The van der Waals surface area contributed by atoms with Gasteiger partial charge in [-0.3, -0.25) is 25.0 Å². The number of phenolic OH excluding ortho intramolecular Hbond substituents is 2. The number of benzene rings is 2. The highest BCUT2D eigenvalue weighted by atomic mass is 16.6. The Balaban J connectivity index is 0.000000291. The summed E-state index contributed by atoms with van der Waals surface area (Å²) in [7, 11) is 2.51. The first-order valence-corrected chi connectivity index (χ1v) is 7.58. The quantitative estimate of drug-likeness (QED) is 0.425. The van der Waals surface area contributed by atoms with Gasteiger partial charge < -0.3 is 19.7 Å². The van der Waals surface area contributed by atoms with E-state index in [-0.39, 0.29) is 22.6 Å². The number of nitro groups is 2. The maximum Gasteiger partial charge on any atom is 0.315 e. The Morgan fingerprint density at radius 2 is 1.59 bits per heavy atom. The van der Waals surface area contributed by atoms with Gasteiger partial charge in [0.25, 0.3) is 0 Å². The first kappa shape index (κ1) is 22.6. The molecule has 0 amide bonds. The van der Waals surface area contributed by atoms with Gasteiger partial charge in [0.05, 0.1) is 35.7 Å². The van der Waals surface area contributed by atoms with Crippen molar-refractivity contribution in [2.45, 2.75) is 6.92 Å². The number of hydrogen-bond donors (Lipinski definition) is 2. The molecule has 12 nitrogen and oxygen atoms in total. The number of carbonyl (C=O) groups excluding carboxylic acids is 1. The summed E-state index contributed by atoms with van der Waals surface area (Å²) in [4.78, 5) is 30.1. The third-order valence-electron chi connectivity index (χ3n) is 3.65. The van der Waals surface area contributed by atoms with Gasteiger partial charge in [-0.2, -0.15) is 5.26 Å². The van der Waals surface area contributed by atoms with Gasteiger partial charge in [0.15, 0.2) is 17.8 Å². The van der Waals surface area contributed by atoms with Crippen LogP contribution in [0.4, 0.5) is 11.4 Å². The third-order valence-corrected chi connectivity index (χ3v) is 3.65. The molecule has 0 aromatic heterocycles. The van der Waals surface area contributed by atoms with Gasteiger partial charge in [0.2, 0.25) is 11.5 Å². The molecule has 0 spiro atoms. The van der Waals surface area contributed by atoms with Crippen LogP contribution in [0.2, 0.25) is 0 Å². The van der Waals surface area contributed by atoms with Gasteiger partial charge >= 0.3 is 11.4 Å². The standard InChI is InChI=1S/C9H9NO5.C8H6N2O4/c1-5-6(4-11)3-7(10(13)14)8(12)9(5)15-2;1-14-7-3-5(4-9)2-6(8(7)11)10(12)13/h3-4,12H,1-2H3;2-3,11H,1H3. The number of hydrogen-bond acceptors (Lipinski definition) is 10. The zero-order chi connectivity index (χ0) is 22.3. The molecule has 0 aliphatic carbocycles. The molecule has 0 atom stereocenters. The SMILES string of the molecule is COc1c(C)c(C=O)cc([N+](=O)[O-])c1O.COc1cc(C#N)cc([N+](=O)[O-])c1O. The maximum atomic E-state index is 10.6. The molecular weight excluding hydrogens is 390 g/mol. The molecule has 2 aromatic rings. The molecule has 0 heterocycles.